The molecule has 2 heterocycles. The zero-order valence-corrected chi connectivity index (χ0v) is 15.7. The second-order valence-corrected chi connectivity index (χ2v) is 7.35. The molecule has 0 saturated heterocycles. The van der Waals surface area contributed by atoms with Gasteiger partial charge in [0.2, 0.25) is 10.0 Å². The molecule has 27 heavy (non-hydrogen) atoms. The van der Waals surface area contributed by atoms with Gasteiger partial charge < -0.3 is 20.6 Å². The fourth-order valence-electron chi connectivity index (χ4n) is 2.10. The third-order valence-electron chi connectivity index (χ3n) is 3.38. The molecule has 0 fully saturated rings. The van der Waals surface area contributed by atoms with Gasteiger partial charge in [-0.1, -0.05) is 12.1 Å². The number of aromatic amines is 1. The standard InChI is InChI=1S/C17H16N6O2S2/c24-27(25,23-16-19-10-3-11-20-16)15-7-5-13(6-8-15)22-17(26)21-12-14-4-1-2-9-18-14/h1-11H,12H2,(H3,19,20,21,22,23,26). The van der Waals surface area contributed by atoms with Crippen molar-refractivity contribution in [2.75, 3.05) is 5.32 Å². The number of benzene rings is 1. The SMILES string of the molecule is O=S(=O)([N-]c1ncccn1)c1ccc(NC(=S)NCc2cccc[nH+]2)cc1. The third kappa shape index (κ3) is 5.43. The summed E-state index contributed by atoms with van der Waals surface area (Å²) >= 11 is 5.24. The maximum absolute atomic E-state index is 12.3. The van der Waals surface area contributed by atoms with E-state index in [0.29, 0.717) is 17.3 Å². The number of hydrogen-bond acceptors (Lipinski definition) is 5. The first-order valence-corrected chi connectivity index (χ1v) is 9.73. The largest absolute Gasteiger partial charge is 0.366 e. The van der Waals surface area contributed by atoms with Crippen molar-refractivity contribution in [1.29, 1.82) is 0 Å². The minimum absolute atomic E-state index is 0.0401. The Hall–Kier alpha value is -3.11. The number of pyridine rings is 1. The predicted octanol–water partition coefficient (Wildman–Crippen LogP) is 2.17. The van der Waals surface area contributed by atoms with E-state index in [9.17, 15) is 8.42 Å². The summed E-state index contributed by atoms with van der Waals surface area (Å²) in [5.74, 6) is -0.109. The number of anilines is 1. The molecular weight excluding hydrogens is 384 g/mol. The van der Waals surface area contributed by atoms with Crippen LogP contribution in [0.15, 0.2) is 72.0 Å². The first kappa shape index (κ1) is 18.7. The van der Waals surface area contributed by atoms with E-state index in [1.165, 1.54) is 24.5 Å². The number of hydrogen-bond donors (Lipinski definition) is 2. The van der Waals surface area contributed by atoms with E-state index in [1.54, 1.807) is 18.2 Å². The van der Waals surface area contributed by atoms with Crippen LogP contribution in [0.1, 0.15) is 5.69 Å². The number of thiocarbonyl (C=S) groups is 1. The third-order valence-corrected chi connectivity index (χ3v) is 4.89. The summed E-state index contributed by atoms with van der Waals surface area (Å²) in [7, 11) is -3.89. The normalized spacial score (nSPS) is 10.8. The Bertz CT molecular complexity index is 997. The predicted molar refractivity (Wildman–Crippen MR) is 105 cm³/mol. The molecule has 0 spiro atoms. The van der Waals surface area contributed by atoms with Gasteiger partial charge in [-0.05, 0) is 48.9 Å². The average molecular weight is 400 g/mol. The van der Waals surface area contributed by atoms with Crippen LogP contribution in [0, 0.1) is 0 Å². The summed E-state index contributed by atoms with van der Waals surface area (Å²) in [6.45, 7) is 0.537. The minimum atomic E-state index is -3.89. The van der Waals surface area contributed by atoms with Gasteiger partial charge in [-0.2, -0.15) is 0 Å². The van der Waals surface area contributed by atoms with Crippen LogP contribution in [0.2, 0.25) is 0 Å². The van der Waals surface area contributed by atoms with E-state index in [0.717, 1.165) is 5.69 Å². The Kier molecular flexibility index (Phi) is 5.89. The van der Waals surface area contributed by atoms with E-state index in [2.05, 4.69) is 30.3 Å². The Balaban J connectivity index is 1.59. The van der Waals surface area contributed by atoms with Crippen LogP contribution in [0.4, 0.5) is 11.6 Å². The van der Waals surface area contributed by atoms with Gasteiger partial charge in [-0.3, -0.25) is 4.72 Å². The fraction of sp³-hybridized carbons (Fsp3) is 0.0588. The number of nitrogens with zero attached hydrogens (tertiary/aromatic N) is 3. The van der Waals surface area contributed by atoms with Gasteiger partial charge in [-0.25, -0.2) is 13.4 Å². The first-order valence-electron chi connectivity index (χ1n) is 7.88. The number of nitrogens with one attached hydrogen (secondary N) is 3. The summed E-state index contributed by atoms with van der Waals surface area (Å²) in [5, 5.41) is 6.48. The molecule has 1 aromatic carbocycles. The van der Waals surface area contributed by atoms with Crippen LogP contribution < -0.4 is 15.6 Å². The summed E-state index contributed by atoms with van der Waals surface area (Å²) in [6.07, 6.45) is 4.68. The van der Waals surface area contributed by atoms with Gasteiger partial charge in [0.25, 0.3) is 0 Å². The Labute approximate surface area is 162 Å². The van der Waals surface area contributed by atoms with Gasteiger partial charge >= 0.3 is 0 Å². The quantitative estimate of drug-likeness (QED) is 0.610. The second-order valence-electron chi connectivity index (χ2n) is 5.34. The van der Waals surface area contributed by atoms with Crippen LogP contribution in [-0.4, -0.2) is 23.5 Å². The number of rotatable bonds is 6. The van der Waals surface area contributed by atoms with Gasteiger partial charge in [0.05, 0.1) is 4.90 Å². The van der Waals surface area contributed by atoms with Gasteiger partial charge in [0.1, 0.15) is 6.54 Å². The number of sulfonamides is 1. The van der Waals surface area contributed by atoms with Crippen molar-refractivity contribution in [2.24, 2.45) is 0 Å². The summed E-state index contributed by atoms with van der Waals surface area (Å²) in [6, 6.07) is 13.4. The summed E-state index contributed by atoms with van der Waals surface area (Å²) in [5.41, 5.74) is 1.63. The highest BCUT2D eigenvalue weighted by Crippen LogP contribution is 2.24. The van der Waals surface area contributed by atoms with E-state index in [4.69, 9.17) is 12.2 Å². The first-order chi connectivity index (χ1) is 13.0. The molecule has 0 aliphatic carbocycles. The maximum Gasteiger partial charge on any atom is 0.229 e. The van der Waals surface area contributed by atoms with Crippen molar-refractivity contribution >= 4 is 39.0 Å². The minimum Gasteiger partial charge on any atom is -0.366 e. The topological polar surface area (TPSA) is 112 Å². The van der Waals surface area contributed by atoms with E-state index in [1.807, 2.05) is 24.4 Å². The molecule has 0 unspecified atom stereocenters. The molecule has 0 aliphatic rings. The molecule has 3 rings (SSSR count). The zero-order chi connectivity index (χ0) is 19.1. The number of H-pyrrole nitrogens is 1. The molecule has 0 bridgehead atoms. The smallest absolute Gasteiger partial charge is 0.229 e. The summed E-state index contributed by atoms with van der Waals surface area (Å²) in [4.78, 5) is 10.7. The highest BCUT2D eigenvalue weighted by Gasteiger charge is 2.12. The molecule has 0 aliphatic heterocycles. The zero-order valence-electron chi connectivity index (χ0n) is 14.0. The molecule has 0 amide bonds. The lowest BCUT2D eigenvalue weighted by molar-refractivity contribution is -0.390. The van der Waals surface area contributed by atoms with Crippen molar-refractivity contribution in [1.82, 2.24) is 15.3 Å². The van der Waals surface area contributed by atoms with Crippen molar-refractivity contribution in [2.45, 2.75) is 11.4 Å². The lowest BCUT2D eigenvalue weighted by Gasteiger charge is -2.13. The molecule has 138 valence electrons. The van der Waals surface area contributed by atoms with Crippen molar-refractivity contribution in [3.8, 4) is 0 Å². The van der Waals surface area contributed by atoms with Crippen LogP contribution in [0.25, 0.3) is 4.72 Å². The molecule has 0 atom stereocenters. The maximum atomic E-state index is 12.3. The highest BCUT2D eigenvalue weighted by molar-refractivity contribution is 7.94. The average Bonchev–Trinajstić information content (AvgIpc) is 2.68. The molecule has 3 N–H and O–H groups in total. The van der Waals surface area contributed by atoms with Crippen molar-refractivity contribution in [3.05, 3.63) is 77.5 Å². The highest BCUT2D eigenvalue weighted by atomic mass is 32.2. The van der Waals surface area contributed by atoms with Crippen LogP contribution in [0.3, 0.4) is 0 Å². The van der Waals surface area contributed by atoms with Crippen LogP contribution >= 0.6 is 12.2 Å². The molecular formula is C17H16N6O2S2. The van der Waals surface area contributed by atoms with Crippen LogP contribution in [-0.2, 0) is 16.6 Å². The summed E-state index contributed by atoms with van der Waals surface area (Å²) < 4.78 is 28.2. The van der Waals surface area contributed by atoms with Crippen molar-refractivity contribution in [3.63, 3.8) is 0 Å². The van der Waals surface area contributed by atoms with Crippen molar-refractivity contribution < 1.29 is 13.4 Å². The van der Waals surface area contributed by atoms with Gasteiger partial charge in [0, 0.05) is 23.8 Å². The molecule has 2 aromatic heterocycles. The monoisotopic (exact) mass is 400 g/mol. The Morgan fingerprint density at radius 2 is 1.81 bits per heavy atom. The van der Waals surface area contributed by atoms with E-state index in [-0.39, 0.29) is 10.8 Å². The second kappa shape index (κ2) is 8.52. The fourth-order valence-corrected chi connectivity index (χ4v) is 3.18. The van der Waals surface area contributed by atoms with Gasteiger partial charge in [-0.15, -0.1) is 0 Å². The Morgan fingerprint density at radius 3 is 2.48 bits per heavy atom. The molecule has 3 aromatic rings. The molecule has 8 nitrogen and oxygen atoms in total. The van der Waals surface area contributed by atoms with E-state index < -0.39 is 10.0 Å². The Morgan fingerprint density at radius 1 is 1.07 bits per heavy atom. The molecule has 10 heteroatoms. The van der Waals surface area contributed by atoms with Crippen LogP contribution in [0.5, 0.6) is 0 Å². The lowest BCUT2D eigenvalue weighted by Crippen LogP contribution is -2.30. The molecule has 0 saturated carbocycles. The lowest BCUT2D eigenvalue weighted by atomic mass is 10.3. The van der Waals surface area contributed by atoms with E-state index >= 15 is 0 Å². The molecule has 0 radical (unpaired) electrons. The number of aromatic nitrogens is 3. The van der Waals surface area contributed by atoms with Gasteiger partial charge in [0.15, 0.2) is 17.0 Å².